The van der Waals surface area contributed by atoms with Crippen molar-refractivity contribution in [3.63, 3.8) is 0 Å². The van der Waals surface area contributed by atoms with Gasteiger partial charge in [-0.05, 0) is 39.7 Å². The van der Waals surface area contributed by atoms with Gasteiger partial charge in [0.1, 0.15) is 5.75 Å². The van der Waals surface area contributed by atoms with Crippen LogP contribution in [-0.2, 0) is 10.2 Å². The van der Waals surface area contributed by atoms with Gasteiger partial charge in [0.2, 0.25) is 0 Å². The fourth-order valence-electron chi connectivity index (χ4n) is 2.70. The average Bonchev–Trinajstić information content (AvgIpc) is 3.38. The van der Waals surface area contributed by atoms with Gasteiger partial charge in [0.25, 0.3) is 0 Å². The van der Waals surface area contributed by atoms with E-state index in [1.807, 2.05) is 26.0 Å². The fraction of sp³-hybridized carbons (Fsp3) is 0.632. The Bertz CT molecular complexity index is 572. The van der Waals surface area contributed by atoms with Crippen molar-refractivity contribution in [1.82, 2.24) is 10.6 Å². The molecule has 1 aliphatic carbocycles. The number of ether oxygens (including phenoxy) is 2. The number of hydrogen-bond acceptors (Lipinski definition) is 3. The van der Waals surface area contributed by atoms with Crippen molar-refractivity contribution in [1.29, 1.82) is 0 Å². The molecule has 0 aliphatic heterocycles. The number of benzene rings is 1. The topological polar surface area (TPSA) is 54.9 Å². The van der Waals surface area contributed by atoms with E-state index in [0.29, 0.717) is 6.54 Å². The maximum absolute atomic E-state index is 5.54. The van der Waals surface area contributed by atoms with E-state index in [-0.39, 0.29) is 35.0 Å². The number of para-hydroxylation sites is 1. The first-order chi connectivity index (χ1) is 11.5. The molecule has 0 aromatic heterocycles. The van der Waals surface area contributed by atoms with Crippen molar-refractivity contribution in [3.05, 3.63) is 29.8 Å². The lowest BCUT2D eigenvalue weighted by Crippen LogP contribution is -2.42. The van der Waals surface area contributed by atoms with Crippen LogP contribution in [0, 0.1) is 0 Å². The van der Waals surface area contributed by atoms with Gasteiger partial charge in [-0.15, -0.1) is 24.0 Å². The highest BCUT2D eigenvalue weighted by atomic mass is 127. The molecule has 142 valence electrons. The number of aliphatic imine (C=N–C) groups is 1. The largest absolute Gasteiger partial charge is 0.496 e. The summed E-state index contributed by atoms with van der Waals surface area (Å²) in [5.74, 6) is 1.81. The van der Waals surface area contributed by atoms with Crippen LogP contribution in [0.4, 0.5) is 0 Å². The predicted octanol–water partition coefficient (Wildman–Crippen LogP) is 3.32. The Hall–Kier alpha value is -1.02. The van der Waals surface area contributed by atoms with Crippen molar-refractivity contribution >= 4 is 29.9 Å². The Morgan fingerprint density at radius 3 is 2.44 bits per heavy atom. The van der Waals surface area contributed by atoms with Gasteiger partial charge in [-0.3, -0.25) is 4.99 Å². The second-order valence-electron chi connectivity index (χ2n) is 6.99. The molecule has 0 atom stereocenters. The predicted molar refractivity (Wildman–Crippen MR) is 114 cm³/mol. The molecule has 0 heterocycles. The van der Waals surface area contributed by atoms with Gasteiger partial charge >= 0.3 is 0 Å². The molecular formula is C19H32IN3O2. The lowest BCUT2D eigenvalue weighted by molar-refractivity contribution is 0.0310. The normalized spacial score (nSPS) is 16.0. The number of methoxy groups -OCH3 is 2. The zero-order valence-corrected chi connectivity index (χ0v) is 18.3. The molecule has 0 radical (unpaired) electrons. The van der Waals surface area contributed by atoms with Gasteiger partial charge in [0.05, 0.1) is 19.3 Å². The first-order valence-electron chi connectivity index (χ1n) is 8.67. The lowest BCUT2D eigenvalue weighted by Gasteiger charge is -2.23. The molecule has 0 amide bonds. The van der Waals surface area contributed by atoms with E-state index in [1.54, 1.807) is 14.2 Å². The number of nitrogens with zero attached hydrogens (tertiary/aromatic N) is 1. The number of hydrogen-bond donors (Lipinski definition) is 2. The van der Waals surface area contributed by atoms with E-state index >= 15 is 0 Å². The standard InChI is InChI=1S/C19H31N3O2.HI/c1-6-20-17(21-13-18(2,3)24-5)22-14-19(11-12-19)15-9-7-8-10-16(15)23-4;/h7-10H,6,11-14H2,1-5H3,(H2,20,21,22);1H. The molecule has 1 fully saturated rings. The highest BCUT2D eigenvalue weighted by Crippen LogP contribution is 2.50. The van der Waals surface area contributed by atoms with Crippen molar-refractivity contribution < 1.29 is 9.47 Å². The second kappa shape index (κ2) is 9.62. The second-order valence-corrected chi connectivity index (χ2v) is 6.99. The summed E-state index contributed by atoms with van der Waals surface area (Å²) in [7, 11) is 3.46. The van der Waals surface area contributed by atoms with Crippen molar-refractivity contribution in [2.24, 2.45) is 4.99 Å². The molecule has 1 aromatic rings. The van der Waals surface area contributed by atoms with Crippen LogP contribution in [0.1, 0.15) is 39.2 Å². The summed E-state index contributed by atoms with van der Waals surface area (Å²) in [6.07, 6.45) is 2.34. The van der Waals surface area contributed by atoms with Gasteiger partial charge in [0, 0.05) is 31.2 Å². The summed E-state index contributed by atoms with van der Waals surface area (Å²) >= 11 is 0. The van der Waals surface area contributed by atoms with Crippen LogP contribution >= 0.6 is 24.0 Å². The third-order valence-corrected chi connectivity index (χ3v) is 4.64. The number of halogens is 1. The number of guanidine groups is 1. The minimum Gasteiger partial charge on any atom is -0.496 e. The minimum absolute atomic E-state index is 0. The van der Waals surface area contributed by atoms with E-state index in [4.69, 9.17) is 9.47 Å². The molecule has 2 N–H and O–H groups in total. The Morgan fingerprint density at radius 2 is 1.88 bits per heavy atom. The average molecular weight is 461 g/mol. The zero-order valence-electron chi connectivity index (χ0n) is 16.0. The maximum atomic E-state index is 5.54. The van der Waals surface area contributed by atoms with Crippen LogP contribution in [-0.4, -0.2) is 45.4 Å². The Kier molecular flexibility index (Phi) is 8.47. The highest BCUT2D eigenvalue weighted by Gasteiger charge is 2.46. The van der Waals surface area contributed by atoms with Crippen molar-refractivity contribution in [3.8, 4) is 5.75 Å². The van der Waals surface area contributed by atoms with E-state index in [1.165, 1.54) is 18.4 Å². The van der Waals surface area contributed by atoms with E-state index < -0.39 is 0 Å². The molecule has 0 bridgehead atoms. The third-order valence-electron chi connectivity index (χ3n) is 4.64. The summed E-state index contributed by atoms with van der Waals surface area (Å²) in [6, 6.07) is 8.31. The highest BCUT2D eigenvalue weighted by molar-refractivity contribution is 14.0. The van der Waals surface area contributed by atoms with Gasteiger partial charge in [-0.2, -0.15) is 0 Å². The van der Waals surface area contributed by atoms with Crippen molar-refractivity contribution in [2.75, 3.05) is 33.9 Å². The molecule has 1 aliphatic rings. The number of rotatable bonds is 8. The first-order valence-corrected chi connectivity index (χ1v) is 8.67. The van der Waals surface area contributed by atoms with Gasteiger partial charge in [0.15, 0.2) is 5.96 Å². The molecule has 0 spiro atoms. The van der Waals surface area contributed by atoms with Crippen LogP contribution in [0.2, 0.25) is 0 Å². The van der Waals surface area contributed by atoms with Crippen LogP contribution < -0.4 is 15.4 Å². The van der Waals surface area contributed by atoms with Crippen LogP contribution in [0.5, 0.6) is 5.75 Å². The molecule has 1 saturated carbocycles. The maximum Gasteiger partial charge on any atom is 0.191 e. The molecular weight excluding hydrogens is 429 g/mol. The van der Waals surface area contributed by atoms with Crippen LogP contribution in [0.15, 0.2) is 29.3 Å². The minimum atomic E-state index is -0.262. The van der Waals surface area contributed by atoms with Crippen molar-refractivity contribution in [2.45, 2.75) is 44.6 Å². The molecule has 2 rings (SSSR count). The molecule has 5 nitrogen and oxygen atoms in total. The van der Waals surface area contributed by atoms with Crippen LogP contribution in [0.25, 0.3) is 0 Å². The molecule has 0 unspecified atom stereocenters. The Labute approximate surface area is 169 Å². The zero-order chi connectivity index (χ0) is 17.6. The van der Waals surface area contributed by atoms with Crippen LogP contribution in [0.3, 0.4) is 0 Å². The first kappa shape index (κ1) is 22.0. The molecule has 25 heavy (non-hydrogen) atoms. The van der Waals surface area contributed by atoms with E-state index in [2.05, 4.69) is 34.7 Å². The Morgan fingerprint density at radius 1 is 1.20 bits per heavy atom. The summed E-state index contributed by atoms with van der Waals surface area (Å²) in [5, 5.41) is 6.81. The molecule has 0 saturated heterocycles. The SMILES string of the molecule is CCNC(=NCC(C)(C)OC)NCC1(c2ccccc2OC)CC1.I. The summed E-state index contributed by atoms with van der Waals surface area (Å²) in [5.41, 5.74) is 1.18. The third kappa shape index (κ3) is 6.02. The quantitative estimate of drug-likeness (QED) is 0.355. The van der Waals surface area contributed by atoms with Gasteiger partial charge in [-0.25, -0.2) is 0 Å². The summed E-state index contributed by atoms with van der Waals surface area (Å²) in [4.78, 5) is 4.66. The molecule has 1 aromatic carbocycles. The fourth-order valence-corrected chi connectivity index (χ4v) is 2.70. The smallest absolute Gasteiger partial charge is 0.191 e. The van der Waals surface area contributed by atoms with Gasteiger partial charge < -0.3 is 20.1 Å². The lowest BCUT2D eigenvalue weighted by atomic mass is 9.95. The monoisotopic (exact) mass is 461 g/mol. The number of nitrogens with one attached hydrogen (secondary N) is 2. The summed E-state index contributed by atoms with van der Waals surface area (Å²) in [6.45, 7) is 8.45. The summed E-state index contributed by atoms with van der Waals surface area (Å²) < 4.78 is 11.0. The van der Waals surface area contributed by atoms with E-state index in [0.717, 1.165) is 24.8 Å². The van der Waals surface area contributed by atoms with E-state index in [9.17, 15) is 0 Å². The molecule has 6 heteroatoms. The Balaban J connectivity index is 0.00000312. The van der Waals surface area contributed by atoms with Gasteiger partial charge in [-0.1, -0.05) is 18.2 Å².